The summed E-state index contributed by atoms with van der Waals surface area (Å²) in [5.74, 6) is 2.12. The van der Waals surface area contributed by atoms with Gasteiger partial charge in [-0.15, -0.1) is 0 Å². The molecule has 2 aromatic carbocycles. The quantitative estimate of drug-likeness (QED) is 0.289. The molecule has 1 fully saturated rings. The molecule has 2 heterocycles. The van der Waals surface area contributed by atoms with Gasteiger partial charge in [0.05, 0.1) is 34.8 Å². The van der Waals surface area contributed by atoms with Crippen LogP contribution in [0.2, 0.25) is 5.02 Å². The molecule has 0 saturated carbocycles. The summed E-state index contributed by atoms with van der Waals surface area (Å²) < 4.78 is 31.5. The van der Waals surface area contributed by atoms with Gasteiger partial charge in [-0.3, -0.25) is 0 Å². The summed E-state index contributed by atoms with van der Waals surface area (Å²) in [6.07, 6.45) is 4.97. The first-order chi connectivity index (χ1) is 18.6. The second-order valence-corrected chi connectivity index (χ2v) is 13.4. The van der Waals surface area contributed by atoms with Crippen LogP contribution in [0.15, 0.2) is 47.5 Å². The maximum Gasteiger partial charge on any atom is 0.229 e. The van der Waals surface area contributed by atoms with E-state index < -0.39 is 15.1 Å². The van der Waals surface area contributed by atoms with Crippen molar-refractivity contribution in [2.24, 2.45) is 5.92 Å². The summed E-state index contributed by atoms with van der Waals surface area (Å²) >= 11 is 6.40. The zero-order valence-corrected chi connectivity index (χ0v) is 24.9. The van der Waals surface area contributed by atoms with E-state index in [9.17, 15) is 8.42 Å². The number of anilines is 4. The Morgan fingerprint density at radius 2 is 1.85 bits per heavy atom. The number of sulfone groups is 1. The normalized spacial score (nSPS) is 14.9. The zero-order chi connectivity index (χ0) is 28.2. The molecule has 0 aliphatic carbocycles. The number of benzene rings is 2. The molecule has 0 radical (unpaired) electrons. The highest BCUT2D eigenvalue weighted by Gasteiger charge is 2.23. The van der Waals surface area contributed by atoms with Crippen molar-refractivity contribution in [1.82, 2.24) is 14.9 Å². The van der Waals surface area contributed by atoms with Crippen LogP contribution < -0.4 is 15.4 Å². The lowest BCUT2D eigenvalue weighted by Crippen LogP contribution is -2.34. The third-order valence-corrected chi connectivity index (χ3v) is 9.78. The van der Waals surface area contributed by atoms with Crippen molar-refractivity contribution in [2.45, 2.75) is 57.1 Å². The molecule has 4 rings (SSSR count). The largest absolute Gasteiger partial charge is 0.495 e. The molecule has 1 aromatic heterocycles. The van der Waals surface area contributed by atoms with Gasteiger partial charge >= 0.3 is 0 Å². The minimum Gasteiger partial charge on any atom is -0.495 e. The Morgan fingerprint density at radius 3 is 2.54 bits per heavy atom. The molecule has 0 bridgehead atoms. The number of nitrogens with one attached hydrogen (secondary N) is 2. The van der Waals surface area contributed by atoms with E-state index in [4.69, 9.17) is 16.3 Å². The van der Waals surface area contributed by atoms with Crippen LogP contribution in [0.1, 0.15) is 44.7 Å². The van der Waals surface area contributed by atoms with Crippen molar-refractivity contribution in [1.29, 1.82) is 0 Å². The van der Waals surface area contributed by atoms with E-state index in [-0.39, 0.29) is 9.92 Å². The molecule has 1 aliphatic rings. The first-order valence-corrected chi connectivity index (χ1v) is 15.3. The van der Waals surface area contributed by atoms with Crippen LogP contribution in [-0.2, 0) is 16.3 Å². The monoisotopic (exact) mass is 571 g/mol. The maximum absolute atomic E-state index is 12.9. The molecule has 0 amide bonds. The summed E-state index contributed by atoms with van der Waals surface area (Å²) in [5, 5.41) is 6.03. The van der Waals surface area contributed by atoms with Crippen LogP contribution in [0.3, 0.4) is 0 Å². The number of likely N-dealkylation sites (tertiary alicyclic amines) is 1. The highest BCUT2D eigenvalue weighted by molar-refractivity contribution is 7.92. The van der Waals surface area contributed by atoms with Crippen LogP contribution in [0.4, 0.5) is 23.1 Å². The third kappa shape index (κ3) is 7.01. The summed E-state index contributed by atoms with van der Waals surface area (Å²) in [6.45, 7) is 11.1. The predicted octanol–water partition coefficient (Wildman–Crippen LogP) is 6.39. The molecule has 1 aliphatic heterocycles. The molecule has 0 atom stereocenters. The molecule has 10 heteroatoms. The van der Waals surface area contributed by atoms with Crippen molar-refractivity contribution in [3.05, 3.63) is 58.7 Å². The van der Waals surface area contributed by atoms with Gasteiger partial charge in [-0.25, -0.2) is 13.4 Å². The van der Waals surface area contributed by atoms with Crippen LogP contribution in [-0.4, -0.2) is 55.3 Å². The van der Waals surface area contributed by atoms with Gasteiger partial charge in [-0.2, -0.15) is 4.98 Å². The predicted molar refractivity (Wildman–Crippen MR) is 159 cm³/mol. The number of para-hydroxylation sites is 1. The molecule has 1 saturated heterocycles. The molecular formula is C29H38ClN5O3S. The number of ether oxygens (including phenoxy) is 1. The molecule has 2 N–H and O–H groups in total. The van der Waals surface area contributed by atoms with E-state index in [1.807, 2.05) is 6.07 Å². The fraction of sp³-hybridized carbons (Fsp3) is 0.448. The van der Waals surface area contributed by atoms with Crippen molar-refractivity contribution >= 4 is 44.6 Å². The highest BCUT2D eigenvalue weighted by atomic mass is 35.5. The Kier molecular flexibility index (Phi) is 9.35. The number of aryl methyl sites for hydroxylation is 1. The van der Waals surface area contributed by atoms with Crippen molar-refractivity contribution in [2.75, 3.05) is 37.4 Å². The number of nitrogens with zero attached hydrogens (tertiary/aromatic N) is 3. The van der Waals surface area contributed by atoms with Crippen molar-refractivity contribution in [3.8, 4) is 5.75 Å². The number of halogens is 1. The topological polar surface area (TPSA) is 96.5 Å². The Hall–Kier alpha value is -2.88. The van der Waals surface area contributed by atoms with Gasteiger partial charge in [0.1, 0.15) is 10.8 Å². The first kappa shape index (κ1) is 29.1. The second kappa shape index (κ2) is 12.5. The first-order valence-electron chi connectivity index (χ1n) is 13.4. The Balaban J connectivity index is 1.53. The Bertz CT molecular complexity index is 1410. The number of rotatable bonds is 10. The van der Waals surface area contributed by atoms with E-state index >= 15 is 0 Å². The average molecular weight is 572 g/mol. The second-order valence-electron chi connectivity index (χ2n) is 10.5. The fourth-order valence-electron chi connectivity index (χ4n) is 4.67. The van der Waals surface area contributed by atoms with E-state index in [1.165, 1.54) is 24.6 Å². The number of methoxy groups -OCH3 is 1. The minimum atomic E-state index is -3.52. The van der Waals surface area contributed by atoms with E-state index in [0.29, 0.717) is 23.2 Å². The Morgan fingerprint density at radius 1 is 1.13 bits per heavy atom. The standard InChI is InChI=1S/C29H38ClN5O3S/c1-19(2)39(36,37)27-9-7-6-8-24(27)32-28-23(30)18-31-29(34-28)33-25-16-21(4)22(17-26(25)38-5)12-15-35-13-10-20(3)11-14-35/h6-9,16-20H,10-15H2,1-5H3,(H2,31,32,33,34). The van der Waals surface area contributed by atoms with Gasteiger partial charge in [0.15, 0.2) is 15.7 Å². The molecule has 0 spiro atoms. The molecule has 0 unspecified atom stereocenters. The lowest BCUT2D eigenvalue weighted by molar-refractivity contribution is 0.194. The van der Waals surface area contributed by atoms with Gasteiger partial charge in [0, 0.05) is 6.54 Å². The highest BCUT2D eigenvalue weighted by Crippen LogP contribution is 2.33. The molecule has 3 aromatic rings. The molecule has 39 heavy (non-hydrogen) atoms. The summed E-state index contributed by atoms with van der Waals surface area (Å²) in [5.41, 5.74) is 3.54. The lowest BCUT2D eigenvalue weighted by atomic mass is 9.98. The third-order valence-electron chi connectivity index (χ3n) is 7.29. The summed E-state index contributed by atoms with van der Waals surface area (Å²) in [4.78, 5) is 11.6. The van der Waals surface area contributed by atoms with Gasteiger partial charge in [0.2, 0.25) is 5.95 Å². The SMILES string of the molecule is COc1cc(CCN2CCC(C)CC2)c(C)cc1Nc1ncc(Cl)c(Nc2ccccc2S(=O)(=O)C(C)C)n1. The summed E-state index contributed by atoms with van der Waals surface area (Å²) in [7, 11) is -1.87. The van der Waals surface area contributed by atoms with Crippen LogP contribution >= 0.6 is 11.6 Å². The van der Waals surface area contributed by atoms with E-state index in [2.05, 4.69) is 45.4 Å². The van der Waals surface area contributed by atoms with Crippen LogP contribution in [0.5, 0.6) is 5.75 Å². The summed E-state index contributed by atoms with van der Waals surface area (Å²) in [6, 6.07) is 10.8. The fourth-order valence-corrected chi connectivity index (χ4v) is 6.01. The number of piperidine rings is 1. The Labute approximate surface area is 237 Å². The van der Waals surface area contributed by atoms with Gasteiger partial charge in [-0.1, -0.05) is 30.7 Å². The zero-order valence-electron chi connectivity index (χ0n) is 23.3. The van der Waals surface area contributed by atoms with Crippen LogP contribution in [0.25, 0.3) is 0 Å². The van der Waals surface area contributed by atoms with Crippen molar-refractivity contribution in [3.63, 3.8) is 0 Å². The smallest absolute Gasteiger partial charge is 0.229 e. The van der Waals surface area contributed by atoms with Crippen LogP contribution in [0, 0.1) is 12.8 Å². The van der Waals surface area contributed by atoms with Gasteiger partial charge in [-0.05, 0) is 94.4 Å². The minimum absolute atomic E-state index is 0.191. The lowest BCUT2D eigenvalue weighted by Gasteiger charge is -2.30. The van der Waals surface area contributed by atoms with Gasteiger partial charge < -0.3 is 20.3 Å². The number of hydrogen-bond acceptors (Lipinski definition) is 8. The van der Waals surface area contributed by atoms with E-state index in [1.54, 1.807) is 45.2 Å². The molecule has 8 nitrogen and oxygen atoms in total. The maximum atomic E-state index is 12.9. The van der Waals surface area contributed by atoms with E-state index in [0.717, 1.165) is 43.2 Å². The number of hydrogen-bond donors (Lipinski definition) is 2. The molecule has 210 valence electrons. The average Bonchev–Trinajstić information content (AvgIpc) is 2.91. The number of aromatic nitrogens is 2. The van der Waals surface area contributed by atoms with Gasteiger partial charge in [0.25, 0.3) is 0 Å². The molecular weight excluding hydrogens is 534 g/mol. The van der Waals surface area contributed by atoms with Crippen molar-refractivity contribution < 1.29 is 13.2 Å².